The van der Waals surface area contributed by atoms with Crippen LogP contribution in [-0.2, 0) is 18.7 Å². The van der Waals surface area contributed by atoms with Crippen LogP contribution in [0.4, 0.5) is 4.39 Å². The molecule has 3 aromatic carbocycles. The maximum absolute atomic E-state index is 14.3. The zero-order valence-electron chi connectivity index (χ0n) is 17.1. The summed E-state index contributed by atoms with van der Waals surface area (Å²) >= 11 is 1.48. The highest BCUT2D eigenvalue weighted by molar-refractivity contribution is 7.98. The van der Waals surface area contributed by atoms with Crippen molar-refractivity contribution in [2.24, 2.45) is 0 Å². The fraction of sp³-hybridized carbons (Fsp3) is 0.160. The van der Waals surface area contributed by atoms with Crippen LogP contribution < -0.4 is 0 Å². The number of thioether (sulfide) groups is 1. The normalized spacial score (nSPS) is 11.4. The Hall–Kier alpha value is -3.25. The third kappa shape index (κ3) is 3.91. The Morgan fingerprint density at radius 1 is 0.903 bits per heavy atom. The van der Waals surface area contributed by atoms with Crippen LogP contribution >= 0.6 is 11.8 Å². The summed E-state index contributed by atoms with van der Waals surface area (Å²) in [5.74, 6) is 0.697. The molecule has 0 spiro atoms. The standard InChI is InChI=1S/C25H21FN4S/c1-2-18-10-6-11-19-12-7-13-20(21(18)19)14-30-16-27-22-23(30)28-25(26)29-24(22)31-15-17-8-4-3-5-9-17/h3-13,16H,2,14-15H2,1H3. The predicted octanol–water partition coefficient (Wildman–Crippen LogP) is 6.02. The second-order valence-electron chi connectivity index (χ2n) is 7.40. The van der Waals surface area contributed by atoms with Gasteiger partial charge in [-0.1, -0.05) is 85.4 Å². The number of aryl methyl sites for hydroxylation is 1. The van der Waals surface area contributed by atoms with Gasteiger partial charge in [0.15, 0.2) is 5.65 Å². The number of rotatable bonds is 6. The molecule has 0 amide bonds. The SMILES string of the molecule is CCc1cccc2cccc(Cn3cnc4c(SCc5ccccc5)nc(F)nc43)c12. The highest BCUT2D eigenvalue weighted by atomic mass is 32.2. The minimum absolute atomic E-state index is 0.522. The molecule has 0 bridgehead atoms. The second-order valence-corrected chi connectivity index (χ2v) is 8.37. The average molecular weight is 429 g/mol. The van der Waals surface area contributed by atoms with Crippen molar-refractivity contribution in [3.05, 3.63) is 95.8 Å². The lowest BCUT2D eigenvalue weighted by molar-refractivity contribution is 0.531. The van der Waals surface area contributed by atoms with E-state index in [1.165, 1.54) is 33.7 Å². The van der Waals surface area contributed by atoms with Gasteiger partial charge in [0.2, 0.25) is 0 Å². The molecule has 31 heavy (non-hydrogen) atoms. The quantitative estimate of drug-likeness (QED) is 0.188. The van der Waals surface area contributed by atoms with Crippen molar-refractivity contribution in [1.29, 1.82) is 0 Å². The van der Waals surface area contributed by atoms with E-state index < -0.39 is 6.08 Å². The smallest absolute Gasteiger partial charge is 0.311 e. The zero-order valence-corrected chi connectivity index (χ0v) is 17.9. The molecule has 0 saturated heterocycles. The van der Waals surface area contributed by atoms with E-state index in [-0.39, 0.29) is 0 Å². The van der Waals surface area contributed by atoms with Crippen LogP contribution in [0.15, 0.2) is 78.1 Å². The summed E-state index contributed by atoms with van der Waals surface area (Å²) in [6.07, 6.45) is 1.96. The van der Waals surface area contributed by atoms with Gasteiger partial charge in [0.05, 0.1) is 12.9 Å². The van der Waals surface area contributed by atoms with Gasteiger partial charge in [-0.2, -0.15) is 14.4 Å². The van der Waals surface area contributed by atoms with Crippen molar-refractivity contribution >= 4 is 33.7 Å². The van der Waals surface area contributed by atoms with Crippen molar-refractivity contribution in [2.45, 2.75) is 30.7 Å². The average Bonchev–Trinajstić information content (AvgIpc) is 3.20. The van der Waals surface area contributed by atoms with Crippen molar-refractivity contribution < 1.29 is 4.39 Å². The number of aromatic nitrogens is 4. The van der Waals surface area contributed by atoms with E-state index in [1.807, 2.05) is 34.9 Å². The molecule has 154 valence electrons. The van der Waals surface area contributed by atoms with Crippen LogP contribution in [0.5, 0.6) is 0 Å². The van der Waals surface area contributed by atoms with Gasteiger partial charge in [-0.15, -0.1) is 0 Å². The Morgan fingerprint density at radius 2 is 1.68 bits per heavy atom. The Kier molecular flexibility index (Phi) is 5.38. The van der Waals surface area contributed by atoms with Crippen molar-refractivity contribution in [3.63, 3.8) is 0 Å². The van der Waals surface area contributed by atoms with Gasteiger partial charge >= 0.3 is 6.08 Å². The number of imidazole rings is 1. The third-order valence-electron chi connectivity index (χ3n) is 5.42. The molecule has 0 fully saturated rings. The first-order chi connectivity index (χ1) is 15.2. The van der Waals surface area contributed by atoms with E-state index >= 15 is 0 Å². The molecular formula is C25H21FN4S. The Morgan fingerprint density at radius 3 is 2.45 bits per heavy atom. The monoisotopic (exact) mass is 428 g/mol. The Balaban J connectivity index is 1.52. The molecule has 0 saturated carbocycles. The van der Waals surface area contributed by atoms with Gasteiger partial charge in [-0.25, -0.2) is 4.98 Å². The number of hydrogen-bond donors (Lipinski definition) is 0. The molecule has 0 atom stereocenters. The molecule has 0 radical (unpaired) electrons. The molecule has 2 aromatic heterocycles. The lowest BCUT2D eigenvalue weighted by Crippen LogP contribution is -2.03. The van der Waals surface area contributed by atoms with Gasteiger partial charge in [-0.05, 0) is 33.9 Å². The van der Waals surface area contributed by atoms with E-state index in [4.69, 9.17) is 0 Å². The maximum Gasteiger partial charge on any atom is 0.311 e. The summed E-state index contributed by atoms with van der Waals surface area (Å²) < 4.78 is 16.2. The van der Waals surface area contributed by atoms with E-state index in [9.17, 15) is 4.39 Å². The van der Waals surface area contributed by atoms with Gasteiger partial charge in [0.1, 0.15) is 10.5 Å². The molecule has 5 rings (SSSR count). The van der Waals surface area contributed by atoms with Crippen LogP contribution in [0.3, 0.4) is 0 Å². The van der Waals surface area contributed by atoms with E-state index in [0.717, 1.165) is 12.0 Å². The molecule has 2 heterocycles. The summed E-state index contributed by atoms with van der Waals surface area (Å²) in [5, 5.41) is 3.03. The van der Waals surface area contributed by atoms with Crippen molar-refractivity contribution in [1.82, 2.24) is 19.5 Å². The first-order valence-corrected chi connectivity index (χ1v) is 11.3. The maximum atomic E-state index is 14.3. The third-order valence-corrected chi connectivity index (χ3v) is 6.46. The Bertz CT molecular complexity index is 1360. The molecule has 0 aliphatic rings. The molecule has 0 aliphatic heterocycles. The van der Waals surface area contributed by atoms with Crippen molar-refractivity contribution in [2.75, 3.05) is 0 Å². The number of hydrogen-bond acceptors (Lipinski definition) is 4. The first-order valence-electron chi connectivity index (χ1n) is 10.3. The largest absolute Gasteiger partial charge is 0.311 e. The lowest BCUT2D eigenvalue weighted by Gasteiger charge is -2.12. The fourth-order valence-corrected chi connectivity index (χ4v) is 4.86. The van der Waals surface area contributed by atoms with E-state index in [1.54, 1.807) is 6.33 Å². The van der Waals surface area contributed by atoms with Crippen molar-refractivity contribution in [3.8, 4) is 0 Å². The predicted molar refractivity (Wildman–Crippen MR) is 124 cm³/mol. The number of fused-ring (bicyclic) bond motifs is 2. The van der Waals surface area contributed by atoms with Crippen LogP contribution in [0, 0.1) is 6.08 Å². The topological polar surface area (TPSA) is 43.6 Å². The highest BCUT2D eigenvalue weighted by Gasteiger charge is 2.15. The molecule has 0 N–H and O–H groups in total. The van der Waals surface area contributed by atoms with Crippen LogP contribution in [0.1, 0.15) is 23.6 Å². The summed E-state index contributed by atoms with van der Waals surface area (Å²) in [6, 6.07) is 22.8. The van der Waals surface area contributed by atoms with Gasteiger partial charge in [0.25, 0.3) is 0 Å². The molecule has 6 heteroatoms. The lowest BCUT2D eigenvalue weighted by atomic mass is 9.98. The van der Waals surface area contributed by atoms with Crippen LogP contribution in [0.25, 0.3) is 21.9 Å². The first kappa shape index (κ1) is 19.7. The molecule has 0 unspecified atom stereocenters. The Labute approximate surface area is 184 Å². The van der Waals surface area contributed by atoms with Gasteiger partial charge < -0.3 is 4.57 Å². The highest BCUT2D eigenvalue weighted by Crippen LogP contribution is 2.29. The summed E-state index contributed by atoms with van der Waals surface area (Å²) in [6.45, 7) is 2.74. The zero-order chi connectivity index (χ0) is 21.2. The van der Waals surface area contributed by atoms with Crippen LogP contribution in [-0.4, -0.2) is 19.5 Å². The van der Waals surface area contributed by atoms with Crippen LogP contribution in [0.2, 0.25) is 0 Å². The summed E-state index contributed by atoms with van der Waals surface area (Å²) in [4.78, 5) is 12.6. The number of halogens is 1. The summed E-state index contributed by atoms with van der Waals surface area (Å²) in [5.41, 5.74) is 4.79. The minimum Gasteiger partial charge on any atom is -0.311 e. The van der Waals surface area contributed by atoms with Gasteiger partial charge in [0, 0.05) is 5.75 Å². The minimum atomic E-state index is -0.725. The molecule has 0 aliphatic carbocycles. The molecular weight excluding hydrogens is 407 g/mol. The molecule has 5 aromatic rings. The van der Waals surface area contributed by atoms with E-state index in [0.29, 0.717) is 28.5 Å². The summed E-state index contributed by atoms with van der Waals surface area (Å²) in [7, 11) is 0. The number of benzene rings is 3. The van der Waals surface area contributed by atoms with E-state index in [2.05, 4.69) is 58.3 Å². The number of nitrogens with zero attached hydrogens (tertiary/aromatic N) is 4. The van der Waals surface area contributed by atoms with Gasteiger partial charge in [-0.3, -0.25) is 0 Å². The molecule has 4 nitrogen and oxygen atoms in total. The fourth-order valence-electron chi connectivity index (χ4n) is 3.95. The second kappa shape index (κ2) is 8.47.